The maximum atomic E-state index is 5.52. The fourth-order valence-electron chi connectivity index (χ4n) is 1.27. The lowest BCUT2D eigenvalue weighted by Gasteiger charge is -2.02. The van der Waals surface area contributed by atoms with Gasteiger partial charge < -0.3 is 9.26 Å². The number of hydrogen-bond acceptors (Lipinski definition) is 4. The monoisotopic (exact) mass is 218 g/mol. The van der Waals surface area contributed by atoms with Gasteiger partial charge in [-0.2, -0.15) is 4.98 Å². The van der Waals surface area contributed by atoms with E-state index in [0.29, 0.717) is 18.3 Å². The molecule has 0 atom stereocenters. The van der Waals surface area contributed by atoms with E-state index in [-0.39, 0.29) is 0 Å². The molecular formula is C12H14N2O2. The van der Waals surface area contributed by atoms with E-state index in [0.717, 1.165) is 12.2 Å². The van der Waals surface area contributed by atoms with E-state index in [1.165, 1.54) is 5.56 Å². The molecule has 0 amide bonds. The first-order valence-corrected chi connectivity index (χ1v) is 5.29. The summed E-state index contributed by atoms with van der Waals surface area (Å²) in [4.78, 5) is 4.16. The van der Waals surface area contributed by atoms with E-state index in [1.54, 1.807) is 0 Å². The molecule has 0 fully saturated rings. The highest BCUT2D eigenvalue weighted by molar-refractivity contribution is 5.26. The molecule has 0 radical (unpaired) electrons. The summed E-state index contributed by atoms with van der Waals surface area (Å²) in [7, 11) is 0. The molecule has 0 aliphatic rings. The Morgan fingerprint density at radius 1 is 1.25 bits per heavy atom. The molecule has 1 heterocycles. The molecule has 0 aliphatic carbocycles. The molecule has 2 rings (SSSR count). The first-order chi connectivity index (χ1) is 7.78. The van der Waals surface area contributed by atoms with Crippen molar-refractivity contribution in [1.82, 2.24) is 10.1 Å². The Bertz CT molecular complexity index is 448. The normalized spacial score (nSPS) is 10.4. The van der Waals surface area contributed by atoms with Crippen LogP contribution in [0.4, 0.5) is 0 Å². The Morgan fingerprint density at radius 2 is 2.00 bits per heavy atom. The second-order valence-corrected chi connectivity index (χ2v) is 3.56. The maximum Gasteiger partial charge on any atom is 0.226 e. The van der Waals surface area contributed by atoms with Gasteiger partial charge in [-0.1, -0.05) is 29.8 Å². The van der Waals surface area contributed by atoms with Crippen LogP contribution in [0.1, 0.15) is 24.2 Å². The average Bonchev–Trinajstić information content (AvgIpc) is 2.76. The second kappa shape index (κ2) is 4.79. The van der Waals surface area contributed by atoms with E-state index >= 15 is 0 Å². The van der Waals surface area contributed by atoms with E-state index in [1.807, 2.05) is 38.1 Å². The maximum absolute atomic E-state index is 5.52. The molecule has 0 saturated heterocycles. The molecule has 0 bridgehead atoms. The van der Waals surface area contributed by atoms with Crippen molar-refractivity contribution in [3.8, 4) is 5.75 Å². The minimum Gasteiger partial charge on any atom is -0.485 e. The van der Waals surface area contributed by atoms with Gasteiger partial charge in [-0.3, -0.25) is 0 Å². The van der Waals surface area contributed by atoms with Crippen LogP contribution in [0.2, 0.25) is 0 Å². The van der Waals surface area contributed by atoms with Gasteiger partial charge in [0, 0.05) is 6.42 Å². The van der Waals surface area contributed by atoms with Crippen LogP contribution < -0.4 is 4.74 Å². The molecule has 0 saturated carbocycles. The fraction of sp³-hybridized carbons (Fsp3) is 0.333. The summed E-state index contributed by atoms with van der Waals surface area (Å²) >= 11 is 0. The van der Waals surface area contributed by atoms with Crippen molar-refractivity contribution in [2.24, 2.45) is 0 Å². The third-order valence-corrected chi connectivity index (χ3v) is 2.20. The molecule has 16 heavy (non-hydrogen) atoms. The summed E-state index contributed by atoms with van der Waals surface area (Å²) < 4.78 is 10.5. The van der Waals surface area contributed by atoms with Gasteiger partial charge in [0.1, 0.15) is 5.75 Å². The lowest BCUT2D eigenvalue weighted by Crippen LogP contribution is -1.97. The number of aryl methyl sites for hydroxylation is 2. The van der Waals surface area contributed by atoms with Gasteiger partial charge in [0.2, 0.25) is 11.7 Å². The minimum atomic E-state index is 0.340. The van der Waals surface area contributed by atoms with Crippen molar-refractivity contribution in [3.63, 3.8) is 0 Å². The number of rotatable bonds is 4. The van der Waals surface area contributed by atoms with Gasteiger partial charge >= 0.3 is 0 Å². The molecule has 1 aromatic heterocycles. The van der Waals surface area contributed by atoms with Crippen molar-refractivity contribution < 1.29 is 9.26 Å². The quantitative estimate of drug-likeness (QED) is 0.791. The highest BCUT2D eigenvalue weighted by Gasteiger charge is 2.04. The van der Waals surface area contributed by atoms with Crippen LogP contribution in [0, 0.1) is 6.92 Å². The van der Waals surface area contributed by atoms with Crippen LogP contribution in [0.5, 0.6) is 5.75 Å². The van der Waals surface area contributed by atoms with E-state index in [9.17, 15) is 0 Å². The van der Waals surface area contributed by atoms with Crippen molar-refractivity contribution in [3.05, 3.63) is 41.5 Å². The predicted octanol–water partition coefficient (Wildman–Crippen LogP) is 2.52. The Kier molecular flexibility index (Phi) is 3.19. The highest BCUT2D eigenvalue weighted by atomic mass is 16.5. The van der Waals surface area contributed by atoms with E-state index in [2.05, 4.69) is 10.1 Å². The number of benzene rings is 1. The van der Waals surface area contributed by atoms with Crippen LogP contribution in [0.15, 0.2) is 28.8 Å². The first-order valence-electron chi connectivity index (χ1n) is 5.29. The number of nitrogens with zero attached hydrogens (tertiary/aromatic N) is 2. The smallest absolute Gasteiger partial charge is 0.226 e. The lowest BCUT2D eigenvalue weighted by molar-refractivity contribution is 0.285. The van der Waals surface area contributed by atoms with Crippen LogP contribution in [0.25, 0.3) is 0 Å². The van der Waals surface area contributed by atoms with Crippen LogP contribution in [-0.4, -0.2) is 10.1 Å². The molecule has 1 aromatic carbocycles. The van der Waals surface area contributed by atoms with Crippen molar-refractivity contribution >= 4 is 0 Å². The Morgan fingerprint density at radius 3 is 2.62 bits per heavy atom. The lowest BCUT2D eigenvalue weighted by atomic mass is 10.2. The van der Waals surface area contributed by atoms with Gasteiger partial charge in [-0.05, 0) is 19.1 Å². The Hall–Kier alpha value is -1.84. The molecular weight excluding hydrogens is 204 g/mol. The summed E-state index contributed by atoms with van der Waals surface area (Å²) in [5.41, 5.74) is 1.21. The summed E-state index contributed by atoms with van der Waals surface area (Å²) in [5.74, 6) is 2.04. The van der Waals surface area contributed by atoms with Crippen LogP contribution in [-0.2, 0) is 13.0 Å². The SMILES string of the molecule is CCc1nc(COc2ccc(C)cc2)no1. The molecule has 0 aliphatic heterocycles. The zero-order valence-electron chi connectivity index (χ0n) is 9.43. The Labute approximate surface area is 94.2 Å². The van der Waals surface area contributed by atoms with Gasteiger partial charge in [-0.25, -0.2) is 0 Å². The topological polar surface area (TPSA) is 48.2 Å². The predicted molar refractivity (Wildman–Crippen MR) is 59.2 cm³/mol. The van der Waals surface area contributed by atoms with Gasteiger partial charge in [0.25, 0.3) is 0 Å². The largest absolute Gasteiger partial charge is 0.485 e. The summed E-state index contributed by atoms with van der Waals surface area (Å²) in [5, 5.41) is 3.81. The summed E-state index contributed by atoms with van der Waals surface area (Å²) in [6.07, 6.45) is 0.748. The average molecular weight is 218 g/mol. The molecule has 4 nitrogen and oxygen atoms in total. The number of aromatic nitrogens is 2. The second-order valence-electron chi connectivity index (χ2n) is 3.56. The first kappa shape index (κ1) is 10.7. The van der Waals surface area contributed by atoms with Gasteiger partial charge in [0.05, 0.1) is 0 Å². The highest BCUT2D eigenvalue weighted by Crippen LogP contribution is 2.12. The Balaban J connectivity index is 1.94. The standard InChI is InChI=1S/C12H14N2O2/c1-3-12-13-11(14-16-12)8-15-10-6-4-9(2)5-7-10/h4-7H,3,8H2,1-2H3. The number of ether oxygens (including phenoxy) is 1. The number of hydrogen-bond donors (Lipinski definition) is 0. The molecule has 0 N–H and O–H groups in total. The van der Waals surface area contributed by atoms with Crippen molar-refractivity contribution in [1.29, 1.82) is 0 Å². The van der Waals surface area contributed by atoms with Gasteiger partial charge in [-0.15, -0.1) is 0 Å². The molecule has 2 aromatic rings. The summed E-state index contributed by atoms with van der Waals surface area (Å²) in [6.45, 7) is 4.35. The molecule has 4 heteroatoms. The zero-order valence-corrected chi connectivity index (χ0v) is 9.43. The molecule has 84 valence electrons. The molecule has 0 spiro atoms. The van der Waals surface area contributed by atoms with Crippen molar-refractivity contribution in [2.75, 3.05) is 0 Å². The zero-order chi connectivity index (χ0) is 11.4. The van der Waals surface area contributed by atoms with Crippen LogP contribution in [0.3, 0.4) is 0 Å². The fourth-order valence-corrected chi connectivity index (χ4v) is 1.27. The van der Waals surface area contributed by atoms with Gasteiger partial charge in [0.15, 0.2) is 6.61 Å². The minimum absolute atomic E-state index is 0.340. The van der Waals surface area contributed by atoms with E-state index < -0.39 is 0 Å². The third kappa shape index (κ3) is 2.59. The summed E-state index contributed by atoms with van der Waals surface area (Å²) in [6, 6.07) is 7.86. The van der Waals surface area contributed by atoms with Crippen molar-refractivity contribution in [2.45, 2.75) is 26.9 Å². The van der Waals surface area contributed by atoms with E-state index in [4.69, 9.17) is 9.26 Å². The third-order valence-electron chi connectivity index (χ3n) is 2.20. The van der Waals surface area contributed by atoms with Crippen LogP contribution >= 0.6 is 0 Å². The molecule has 0 unspecified atom stereocenters.